The second kappa shape index (κ2) is 21.1. The fourth-order valence-electron chi connectivity index (χ4n) is 4.00. The fourth-order valence-corrected chi connectivity index (χ4v) is 4.47. The summed E-state index contributed by atoms with van der Waals surface area (Å²) in [5.74, 6) is -1.70. The van der Waals surface area contributed by atoms with Crippen molar-refractivity contribution in [1.29, 1.82) is 0 Å². The third-order valence-electron chi connectivity index (χ3n) is 6.49. The first-order chi connectivity index (χ1) is 21.2. The molecule has 1 rings (SSSR count). The number of thioether (sulfide) groups is 1. The third-order valence-corrected chi connectivity index (χ3v) is 7.13. The van der Waals surface area contributed by atoms with E-state index in [9.17, 15) is 28.8 Å². The number of nitrogens with one attached hydrogen (secondary N) is 3. The summed E-state index contributed by atoms with van der Waals surface area (Å²) in [4.78, 5) is 76.0. The van der Waals surface area contributed by atoms with Crippen LogP contribution in [-0.2, 0) is 39.9 Å². The van der Waals surface area contributed by atoms with Crippen LogP contribution in [0.1, 0.15) is 72.8 Å². The Bertz CT molecular complexity index is 1170. The molecule has 0 aliphatic carbocycles. The number of carbonyl (C=O) groups is 6. The van der Waals surface area contributed by atoms with Crippen molar-refractivity contribution in [1.82, 2.24) is 16.0 Å². The molecule has 3 amide bonds. The second-order valence-corrected chi connectivity index (χ2v) is 12.8. The predicted octanol–water partition coefficient (Wildman–Crippen LogP) is 4.13. The van der Waals surface area contributed by atoms with Gasteiger partial charge >= 0.3 is 12.1 Å². The monoisotopic (exact) mass is 647 g/mol. The van der Waals surface area contributed by atoms with Crippen molar-refractivity contribution < 1.29 is 38.2 Å². The number of hydrogen-bond donors (Lipinski definition) is 3. The van der Waals surface area contributed by atoms with Crippen molar-refractivity contribution in [3.63, 3.8) is 0 Å². The Morgan fingerprint density at radius 3 is 2.02 bits per heavy atom. The van der Waals surface area contributed by atoms with Crippen LogP contribution in [0, 0.1) is 11.8 Å². The van der Waals surface area contributed by atoms with E-state index in [1.807, 2.05) is 40.0 Å². The van der Waals surface area contributed by atoms with Crippen molar-refractivity contribution in [3.05, 3.63) is 47.7 Å². The van der Waals surface area contributed by atoms with E-state index in [4.69, 9.17) is 9.47 Å². The Morgan fingerprint density at radius 2 is 1.44 bits per heavy atom. The molecule has 3 N–H and O–H groups in total. The molecular formula is C33H49N3O8S. The van der Waals surface area contributed by atoms with E-state index in [0.29, 0.717) is 12.2 Å². The summed E-state index contributed by atoms with van der Waals surface area (Å²) in [7, 11) is 0. The standard InChI is InChI=1S/C33H49N3O8S/c1-21(2)17-27(34-30(39)26(15-16-45-7)36-33(42)44-19-22(3)4)31(40)35-28(18-25-11-9-8-10-12-25)32(41)43-20-23(5)29(38)14-13-24(6)37/h8-12,20-22,26-28H,13-19H2,1-7H3,(H,34,39)(H,35,40)(H,36,42). The minimum Gasteiger partial charge on any atom is -0.449 e. The summed E-state index contributed by atoms with van der Waals surface area (Å²) < 4.78 is 10.5. The maximum atomic E-state index is 13.6. The maximum absolute atomic E-state index is 13.6. The van der Waals surface area contributed by atoms with Gasteiger partial charge in [0.1, 0.15) is 30.2 Å². The summed E-state index contributed by atoms with van der Waals surface area (Å²) in [6, 6.07) is 5.93. The number of allylic oxidation sites excluding steroid dienone is 1. The maximum Gasteiger partial charge on any atom is 0.407 e. The molecule has 0 aliphatic heterocycles. The molecule has 0 spiro atoms. The topological polar surface area (TPSA) is 157 Å². The first kappa shape index (κ1) is 39.4. The Hall–Kier alpha value is -3.67. The van der Waals surface area contributed by atoms with E-state index < -0.39 is 42.0 Å². The highest BCUT2D eigenvalue weighted by molar-refractivity contribution is 7.98. The third kappa shape index (κ3) is 16.8. The highest BCUT2D eigenvalue weighted by Crippen LogP contribution is 2.11. The van der Waals surface area contributed by atoms with Gasteiger partial charge in [-0.3, -0.25) is 14.4 Å². The molecule has 0 radical (unpaired) electrons. The summed E-state index contributed by atoms with van der Waals surface area (Å²) in [6.07, 6.45) is 2.95. The van der Waals surface area contributed by atoms with Gasteiger partial charge < -0.3 is 30.2 Å². The quantitative estimate of drug-likeness (QED) is 0.108. The molecule has 11 nitrogen and oxygen atoms in total. The predicted molar refractivity (Wildman–Crippen MR) is 174 cm³/mol. The average molecular weight is 648 g/mol. The van der Waals surface area contributed by atoms with Crippen LogP contribution in [0.5, 0.6) is 0 Å². The lowest BCUT2D eigenvalue weighted by atomic mass is 10.0. The van der Waals surface area contributed by atoms with Crippen LogP contribution >= 0.6 is 11.8 Å². The molecule has 3 atom stereocenters. The van der Waals surface area contributed by atoms with E-state index in [-0.39, 0.29) is 61.3 Å². The Morgan fingerprint density at radius 1 is 0.822 bits per heavy atom. The molecule has 0 saturated heterocycles. The molecule has 1 aromatic rings. The zero-order chi connectivity index (χ0) is 33.9. The smallest absolute Gasteiger partial charge is 0.407 e. The van der Waals surface area contributed by atoms with Crippen molar-refractivity contribution in [2.75, 3.05) is 18.6 Å². The molecule has 250 valence electrons. The lowest BCUT2D eigenvalue weighted by Crippen LogP contribution is -2.56. The highest BCUT2D eigenvalue weighted by Gasteiger charge is 2.31. The van der Waals surface area contributed by atoms with Crippen LogP contribution < -0.4 is 16.0 Å². The number of ether oxygens (including phenoxy) is 2. The van der Waals surface area contributed by atoms with E-state index in [0.717, 1.165) is 11.8 Å². The first-order valence-electron chi connectivity index (χ1n) is 15.2. The molecule has 0 heterocycles. The van der Waals surface area contributed by atoms with E-state index in [1.165, 1.54) is 25.6 Å². The zero-order valence-electron chi connectivity index (χ0n) is 27.5. The highest BCUT2D eigenvalue weighted by atomic mass is 32.2. The number of amides is 3. The number of hydrogen-bond acceptors (Lipinski definition) is 9. The number of ketones is 2. The molecular weight excluding hydrogens is 598 g/mol. The van der Waals surface area contributed by atoms with Gasteiger partial charge in [0.2, 0.25) is 11.8 Å². The Labute approximate surface area is 271 Å². The van der Waals surface area contributed by atoms with Gasteiger partial charge in [0.05, 0.1) is 6.61 Å². The number of esters is 1. The second-order valence-electron chi connectivity index (χ2n) is 11.8. The van der Waals surface area contributed by atoms with Crippen molar-refractivity contribution in [3.8, 4) is 0 Å². The minimum absolute atomic E-state index is 0.000728. The van der Waals surface area contributed by atoms with Gasteiger partial charge in [-0.25, -0.2) is 9.59 Å². The van der Waals surface area contributed by atoms with Gasteiger partial charge in [-0.15, -0.1) is 0 Å². The van der Waals surface area contributed by atoms with Crippen LogP contribution in [-0.4, -0.2) is 72.2 Å². The van der Waals surface area contributed by atoms with E-state index >= 15 is 0 Å². The molecule has 12 heteroatoms. The first-order valence-corrected chi connectivity index (χ1v) is 16.6. The largest absolute Gasteiger partial charge is 0.449 e. The van der Waals surface area contributed by atoms with Gasteiger partial charge in [0.15, 0.2) is 5.78 Å². The lowest BCUT2D eigenvalue weighted by molar-refractivity contribution is -0.143. The van der Waals surface area contributed by atoms with Crippen LogP contribution in [0.2, 0.25) is 0 Å². The molecule has 0 bridgehead atoms. The van der Waals surface area contributed by atoms with Crippen LogP contribution in [0.15, 0.2) is 42.2 Å². The average Bonchev–Trinajstić information content (AvgIpc) is 2.98. The lowest BCUT2D eigenvalue weighted by Gasteiger charge is -2.26. The molecule has 0 saturated carbocycles. The zero-order valence-corrected chi connectivity index (χ0v) is 28.3. The van der Waals surface area contributed by atoms with Gasteiger partial charge in [0.25, 0.3) is 0 Å². The van der Waals surface area contributed by atoms with E-state index in [2.05, 4.69) is 16.0 Å². The van der Waals surface area contributed by atoms with Crippen molar-refractivity contribution in [2.24, 2.45) is 11.8 Å². The molecule has 0 aliphatic rings. The summed E-state index contributed by atoms with van der Waals surface area (Å²) >= 11 is 1.51. The fraction of sp³-hybridized carbons (Fsp3) is 0.576. The number of carbonyl (C=O) groups excluding carboxylic acids is 6. The van der Waals surface area contributed by atoms with Gasteiger partial charge in [-0.1, -0.05) is 58.0 Å². The van der Waals surface area contributed by atoms with Gasteiger partial charge in [0, 0.05) is 24.8 Å². The molecule has 45 heavy (non-hydrogen) atoms. The minimum atomic E-state index is -1.14. The summed E-state index contributed by atoms with van der Waals surface area (Å²) in [6.45, 7) is 10.7. The number of alkyl carbamates (subject to hydrolysis) is 1. The molecule has 3 unspecified atom stereocenters. The number of rotatable bonds is 20. The summed E-state index contributed by atoms with van der Waals surface area (Å²) in [5.41, 5.74) is 0.915. The normalized spacial score (nSPS) is 13.4. The Balaban J connectivity index is 3.14. The number of benzene rings is 1. The van der Waals surface area contributed by atoms with Gasteiger partial charge in [-0.2, -0.15) is 11.8 Å². The van der Waals surface area contributed by atoms with Crippen LogP contribution in [0.3, 0.4) is 0 Å². The van der Waals surface area contributed by atoms with Crippen molar-refractivity contribution >= 4 is 47.2 Å². The molecule has 1 aromatic carbocycles. The van der Waals surface area contributed by atoms with Crippen molar-refractivity contribution in [2.45, 2.75) is 91.8 Å². The SMILES string of the molecule is CSCCC(NC(=O)OCC(C)C)C(=O)NC(CC(C)C)C(=O)NC(Cc1ccccc1)C(=O)OC=C(C)C(=O)CCC(C)=O. The van der Waals surface area contributed by atoms with E-state index in [1.54, 1.807) is 24.3 Å². The van der Waals surface area contributed by atoms with Crippen LogP contribution in [0.4, 0.5) is 4.79 Å². The Kier molecular flexibility index (Phi) is 18.5. The van der Waals surface area contributed by atoms with Gasteiger partial charge in [-0.05, 0) is 56.1 Å². The molecule has 0 fully saturated rings. The molecule has 0 aromatic heterocycles. The van der Waals surface area contributed by atoms with Crippen LogP contribution in [0.25, 0.3) is 0 Å². The number of Topliss-reactive ketones (excluding diaryl/α,β-unsaturated/α-hetero) is 2. The summed E-state index contributed by atoms with van der Waals surface area (Å²) in [5, 5.41) is 8.08.